The predicted octanol–water partition coefficient (Wildman–Crippen LogP) is 6.20. The summed E-state index contributed by atoms with van der Waals surface area (Å²) < 4.78 is 45.8. The Hall–Kier alpha value is -2.71. The second-order valence-electron chi connectivity index (χ2n) is 9.48. The molecule has 0 amide bonds. The van der Waals surface area contributed by atoms with Crippen molar-refractivity contribution < 1.29 is 17.3 Å². The van der Waals surface area contributed by atoms with Gasteiger partial charge in [-0.3, -0.25) is 0 Å². The molecule has 5 rings (SSSR count). The third kappa shape index (κ3) is 4.61. The van der Waals surface area contributed by atoms with Crippen LogP contribution in [0.2, 0.25) is 5.02 Å². The van der Waals surface area contributed by atoms with E-state index in [1.54, 1.807) is 6.07 Å². The van der Waals surface area contributed by atoms with Crippen LogP contribution < -0.4 is 0 Å². The molecule has 184 valence electrons. The van der Waals surface area contributed by atoms with E-state index in [0.717, 1.165) is 45.0 Å². The highest BCUT2D eigenvalue weighted by molar-refractivity contribution is 7.91. The summed E-state index contributed by atoms with van der Waals surface area (Å²) in [7, 11) is -3.00. The van der Waals surface area contributed by atoms with Gasteiger partial charge in [-0.05, 0) is 68.5 Å². The zero-order chi connectivity index (χ0) is 24.9. The first-order valence-corrected chi connectivity index (χ1v) is 13.9. The first-order chi connectivity index (χ1) is 16.6. The smallest absolute Gasteiger partial charge is 0.150 e. The van der Waals surface area contributed by atoms with Gasteiger partial charge in [0.25, 0.3) is 0 Å². The quantitative estimate of drug-likeness (QED) is 0.316. The summed E-state index contributed by atoms with van der Waals surface area (Å²) in [4.78, 5) is 5.03. The van der Waals surface area contributed by atoms with Crippen LogP contribution in [-0.4, -0.2) is 34.6 Å². The summed E-state index contributed by atoms with van der Waals surface area (Å²) in [6.07, 6.45) is 1.68. The highest BCUT2D eigenvalue weighted by Gasteiger charge is 2.29. The largest absolute Gasteiger partial charge is 0.361 e. The Bertz CT molecular complexity index is 1490. The van der Waals surface area contributed by atoms with Crippen molar-refractivity contribution in [2.45, 2.75) is 52.0 Å². The predicted molar refractivity (Wildman–Crippen MR) is 135 cm³/mol. The van der Waals surface area contributed by atoms with Crippen molar-refractivity contribution in [3.05, 3.63) is 70.1 Å². The zero-order valence-corrected chi connectivity index (χ0v) is 21.5. The fourth-order valence-electron chi connectivity index (χ4n) is 5.15. The highest BCUT2D eigenvalue weighted by Crippen LogP contribution is 2.36. The van der Waals surface area contributed by atoms with Crippen molar-refractivity contribution in [3.8, 4) is 11.1 Å². The van der Waals surface area contributed by atoms with E-state index in [9.17, 15) is 12.8 Å². The molecule has 1 aliphatic heterocycles. The van der Waals surface area contributed by atoms with Gasteiger partial charge in [-0.15, -0.1) is 0 Å². The summed E-state index contributed by atoms with van der Waals surface area (Å²) in [6.45, 7) is 5.87. The second kappa shape index (κ2) is 9.06. The van der Waals surface area contributed by atoms with Crippen LogP contribution >= 0.6 is 11.6 Å². The number of aromatic nitrogens is 3. The minimum atomic E-state index is -3.00. The number of imidazole rings is 1. The molecule has 1 fully saturated rings. The average Bonchev–Trinajstić information content (AvgIpc) is 3.35. The fraction of sp³-hybridized carbons (Fsp3) is 0.385. The molecule has 3 heterocycles. The lowest BCUT2D eigenvalue weighted by Crippen LogP contribution is -2.27. The lowest BCUT2D eigenvalue weighted by molar-refractivity contribution is 0.393. The van der Waals surface area contributed by atoms with Crippen LogP contribution in [0.3, 0.4) is 0 Å². The molecule has 0 spiro atoms. The molecular weight excluding hydrogens is 489 g/mol. The summed E-state index contributed by atoms with van der Waals surface area (Å²) in [5.41, 5.74) is 5.38. The second-order valence-corrected chi connectivity index (χ2v) is 12.2. The van der Waals surface area contributed by atoms with E-state index in [4.69, 9.17) is 21.1 Å². The molecule has 9 heteroatoms. The summed E-state index contributed by atoms with van der Waals surface area (Å²) in [5, 5.41) is 4.17. The maximum Gasteiger partial charge on any atom is 0.150 e. The molecular formula is C26H27ClFN3O3S. The lowest BCUT2D eigenvalue weighted by atomic mass is 9.99. The number of aryl methyl sites for hydroxylation is 2. The van der Waals surface area contributed by atoms with Crippen LogP contribution in [0.15, 0.2) is 40.9 Å². The number of benzene rings is 2. The van der Waals surface area contributed by atoms with Crippen LogP contribution in [-0.2, 0) is 16.3 Å². The van der Waals surface area contributed by atoms with Crippen LogP contribution in [0.1, 0.15) is 54.6 Å². The van der Waals surface area contributed by atoms with Gasteiger partial charge in [0.05, 0.1) is 33.3 Å². The highest BCUT2D eigenvalue weighted by atomic mass is 35.5. The Morgan fingerprint density at radius 1 is 1.17 bits per heavy atom. The van der Waals surface area contributed by atoms with Crippen LogP contribution in [0.25, 0.3) is 22.2 Å². The minimum Gasteiger partial charge on any atom is -0.361 e. The molecule has 2 aromatic heterocycles. The molecule has 2 aromatic carbocycles. The summed E-state index contributed by atoms with van der Waals surface area (Å²) >= 11 is 5.87. The third-order valence-electron chi connectivity index (χ3n) is 6.89. The van der Waals surface area contributed by atoms with E-state index in [0.29, 0.717) is 19.3 Å². The van der Waals surface area contributed by atoms with Gasteiger partial charge in [0.1, 0.15) is 27.2 Å². The molecule has 6 nitrogen and oxygen atoms in total. The van der Waals surface area contributed by atoms with Gasteiger partial charge in [-0.2, -0.15) is 0 Å². The first kappa shape index (κ1) is 24.0. The summed E-state index contributed by atoms with van der Waals surface area (Å²) in [6, 6.07) is 11.0. The fourth-order valence-corrected chi connectivity index (χ4v) is 6.73. The van der Waals surface area contributed by atoms with Gasteiger partial charge in [-0.25, -0.2) is 17.8 Å². The van der Waals surface area contributed by atoms with E-state index in [1.165, 1.54) is 6.07 Å². The molecule has 1 aliphatic rings. The lowest BCUT2D eigenvalue weighted by Gasteiger charge is -2.27. The van der Waals surface area contributed by atoms with Crippen molar-refractivity contribution >= 4 is 32.5 Å². The van der Waals surface area contributed by atoms with Gasteiger partial charge < -0.3 is 9.09 Å². The van der Waals surface area contributed by atoms with E-state index in [1.807, 2.05) is 38.1 Å². The standard InChI is InChI=1S/C26H27ClFN3O3S/c1-15(12-18-4-6-21(27)22(28)13-18)26-29-23-14-19(25-16(2)30-34-17(25)3)5-7-24(23)31(26)20-8-10-35(32,33)11-9-20/h4-7,13-15,20H,8-12H2,1-3H3. The van der Waals surface area contributed by atoms with Crippen molar-refractivity contribution in [1.82, 2.24) is 14.7 Å². The van der Waals surface area contributed by atoms with E-state index < -0.39 is 15.7 Å². The topological polar surface area (TPSA) is 78.0 Å². The number of hydrogen-bond donors (Lipinski definition) is 0. The molecule has 1 atom stereocenters. The number of nitrogens with zero attached hydrogens (tertiary/aromatic N) is 3. The maximum absolute atomic E-state index is 14.1. The Morgan fingerprint density at radius 3 is 2.57 bits per heavy atom. The monoisotopic (exact) mass is 515 g/mol. The number of hydrogen-bond acceptors (Lipinski definition) is 5. The van der Waals surface area contributed by atoms with Gasteiger partial charge in [0, 0.05) is 17.5 Å². The van der Waals surface area contributed by atoms with Gasteiger partial charge in [0.2, 0.25) is 0 Å². The Balaban J connectivity index is 1.59. The van der Waals surface area contributed by atoms with Gasteiger partial charge >= 0.3 is 0 Å². The van der Waals surface area contributed by atoms with Gasteiger partial charge in [-0.1, -0.05) is 35.8 Å². The molecule has 0 N–H and O–H groups in total. The van der Waals surface area contributed by atoms with E-state index in [2.05, 4.69) is 16.6 Å². The molecule has 0 radical (unpaired) electrons. The molecule has 0 aliphatic carbocycles. The molecule has 0 saturated carbocycles. The van der Waals surface area contributed by atoms with Gasteiger partial charge in [0.15, 0.2) is 0 Å². The Kier molecular flexibility index (Phi) is 6.21. The zero-order valence-electron chi connectivity index (χ0n) is 19.9. The Morgan fingerprint density at radius 2 is 1.91 bits per heavy atom. The molecule has 35 heavy (non-hydrogen) atoms. The number of halogens is 2. The molecule has 4 aromatic rings. The number of fused-ring (bicyclic) bond motifs is 1. The van der Waals surface area contributed by atoms with Crippen molar-refractivity contribution in [1.29, 1.82) is 0 Å². The third-order valence-corrected chi connectivity index (χ3v) is 8.92. The SMILES string of the molecule is Cc1noc(C)c1-c1ccc2c(c1)nc(C(C)Cc1ccc(Cl)c(F)c1)n2C1CCS(=O)(=O)CC1. The first-order valence-electron chi connectivity index (χ1n) is 11.7. The van der Waals surface area contributed by atoms with E-state index >= 15 is 0 Å². The van der Waals surface area contributed by atoms with Crippen LogP contribution in [0.4, 0.5) is 4.39 Å². The number of sulfone groups is 1. The molecule has 1 unspecified atom stereocenters. The minimum absolute atomic E-state index is 0.0241. The van der Waals surface area contributed by atoms with Crippen LogP contribution in [0.5, 0.6) is 0 Å². The number of rotatable bonds is 5. The van der Waals surface area contributed by atoms with E-state index in [-0.39, 0.29) is 28.5 Å². The molecule has 1 saturated heterocycles. The van der Waals surface area contributed by atoms with Crippen molar-refractivity contribution in [2.75, 3.05) is 11.5 Å². The average molecular weight is 516 g/mol. The van der Waals surface area contributed by atoms with Crippen molar-refractivity contribution in [2.24, 2.45) is 0 Å². The maximum atomic E-state index is 14.1. The molecule has 0 bridgehead atoms. The summed E-state index contributed by atoms with van der Waals surface area (Å²) in [5.74, 6) is 1.50. The Labute approximate surface area is 209 Å². The normalized spacial score (nSPS) is 17.2. The van der Waals surface area contributed by atoms with Crippen molar-refractivity contribution in [3.63, 3.8) is 0 Å². The van der Waals surface area contributed by atoms with Crippen LogP contribution in [0, 0.1) is 19.7 Å².